The number of aromatic nitrogens is 2. The summed E-state index contributed by atoms with van der Waals surface area (Å²) in [5.74, 6) is 0.449. The normalized spacial score (nSPS) is 15.6. The van der Waals surface area contributed by atoms with E-state index in [1.807, 2.05) is 30.7 Å². The Labute approximate surface area is 301 Å². The number of pyridine rings is 2. The third-order valence-electron chi connectivity index (χ3n) is 11.2. The van der Waals surface area contributed by atoms with Gasteiger partial charge in [-0.2, -0.15) is 0 Å². The Kier molecular flexibility index (Phi) is 7.58. The first-order chi connectivity index (χ1) is 24.8. The van der Waals surface area contributed by atoms with E-state index < -0.39 is 0 Å². The maximum Gasteiger partial charge on any atom is 0.0701 e. The van der Waals surface area contributed by atoms with Gasteiger partial charge in [0, 0.05) is 24.2 Å². The highest BCUT2D eigenvalue weighted by Gasteiger charge is 2.25. The Hall–Kier alpha value is -5.60. The summed E-state index contributed by atoms with van der Waals surface area (Å²) in [5, 5.41) is 5.56. The largest absolute Gasteiger partial charge is 0.265 e. The average molecular weight is 659 g/mol. The molecule has 0 N–H and O–H groups in total. The minimum atomic E-state index is 0.103. The third kappa shape index (κ3) is 5.60. The Bertz CT molecular complexity index is 2500. The van der Waals surface area contributed by atoms with Crippen molar-refractivity contribution in [1.29, 1.82) is 0 Å². The maximum atomic E-state index is 4.60. The molecule has 1 unspecified atom stereocenters. The molecule has 2 heterocycles. The van der Waals surface area contributed by atoms with Crippen LogP contribution < -0.4 is 0 Å². The van der Waals surface area contributed by atoms with Gasteiger partial charge in [-0.15, -0.1) is 0 Å². The van der Waals surface area contributed by atoms with E-state index in [2.05, 4.69) is 147 Å². The fourth-order valence-corrected chi connectivity index (χ4v) is 8.40. The molecule has 0 aliphatic heterocycles. The van der Waals surface area contributed by atoms with Crippen LogP contribution in [-0.2, 0) is 18.3 Å². The molecule has 0 saturated carbocycles. The first kappa shape index (κ1) is 31.4. The van der Waals surface area contributed by atoms with E-state index in [-0.39, 0.29) is 5.41 Å². The summed E-state index contributed by atoms with van der Waals surface area (Å²) in [6.07, 6.45) is 13.4. The molecule has 7 aromatic rings. The minimum absolute atomic E-state index is 0.103. The third-order valence-corrected chi connectivity index (χ3v) is 11.2. The van der Waals surface area contributed by atoms with Gasteiger partial charge < -0.3 is 0 Å². The molecule has 0 radical (unpaired) electrons. The lowest BCUT2D eigenvalue weighted by Crippen LogP contribution is -2.13. The molecular formula is C49H42N2. The van der Waals surface area contributed by atoms with Gasteiger partial charge in [0.2, 0.25) is 0 Å². The van der Waals surface area contributed by atoms with Gasteiger partial charge in [-0.3, -0.25) is 9.97 Å². The molecule has 2 aliphatic rings. The zero-order chi connectivity index (χ0) is 34.7. The SMILES string of the molecule is CC1CC(c2ccc(-c3cc(-c4ccc(-c5ccccn5)cc4)c4ccc5cc(C(C)(C)C)cc6c5c4c3CC6)cc2)=CC=C1c1ccncc1. The van der Waals surface area contributed by atoms with Crippen molar-refractivity contribution >= 4 is 32.7 Å². The lowest BCUT2D eigenvalue weighted by atomic mass is 9.77. The summed E-state index contributed by atoms with van der Waals surface area (Å²) in [5.41, 5.74) is 17.1. The number of nitrogens with zero attached hydrogens (tertiary/aromatic N) is 2. The molecule has 2 heteroatoms. The summed E-state index contributed by atoms with van der Waals surface area (Å²) >= 11 is 0. The summed E-state index contributed by atoms with van der Waals surface area (Å²) in [4.78, 5) is 8.81. The molecule has 5 aromatic carbocycles. The van der Waals surface area contributed by atoms with E-state index in [4.69, 9.17) is 0 Å². The van der Waals surface area contributed by atoms with Gasteiger partial charge in [0.05, 0.1) is 5.69 Å². The number of rotatable bonds is 5. The Morgan fingerprint density at radius 2 is 1.33 bits per heavy atom. The van der Waals surface area contributed by atoms with Crippen molar-refractivity contribution in [1.82, 2.24) is 9.97 Å². The topological polar surface area (TPSA) is 25.8 Å². The van der Waals surface area contributed by atoms with Crippen LogP contribution in [-0.4, -0.2) is 9.97 Å². The second-order valence-electron chi connectivity index (χ2n) is 15.4. The molecule has 2 aliphatic carbocycles. The van der Waals surface area contributed by atoms with Gasteiger partial charge in [-0.05, 0) is 144 Å². The van der Waals surface area contributed by atoms with Crippen LogP contribution in [0.5, 0.6) is 0 Å². The van der Waals surface area contributed by atoms with Crippen LogP contribution >= 0.6 is 0 Å². The Morgan fingerprint density at radius 3 is 2.04 bits per heavy atom. The van der Waals surface area contributed by atoms with Gasteiger partial charge in [-0.1, -0.05) is 119 Å². The van der Waals surface area contributed by atoms with Crippen LogP contribution in [0.2, 0.25) is 0 Å². The monoisotopic (exact) mass is 658 g/mol. The van der Waals surface area contributed by atoms with Gasteiger partial charge >= 0.3 is 0 Å². The highest BCUT2D eigenvalue weighted by Crippen LogP contribution is 2.46. The molecule has 0 bridgehead atoms. The van der Waals surface area contributed by atoms with Crippen molar-refractivity contribution in [2.45, 2.75) is 52.4 Å². The first-order valence-corrected chi connectivity index (χ1v) is 18.3. The molecule has 51 heavy (non-hydrogen) atoms. The minimum Gasteiger partial charge on any atom is -0.265 e. The van der Waals surface area contributed by atoms with Crippen LogP contribution in [0.3, 0.4) is 0 Å². The Morgan fingerprint density at radius 1 is 0.608 bits per heavy atom. The number of hydrogen-bond acceptors (Lipinski definition) is 2. The summed E-state index contributed by atoms with van der Waals surface area (Å²) in [7, 11) is 0. The second kappa shape index (κ2) is 12.3. The van der Waals surface area contributed by atoms with E-state index in [1.165, 1.54) is 82.8 Å². The lowest BCUT2D eigenvalue weighted by molar-refractivity contribution is 0.590. The quantitative estimate of drug-likeness (QED) is 0.172. The number of benzene rings is 5. The Balaban J connectivity index is 1.19. The van der Waals surface area contributed by atoms with E-state index in [0.29, 0.717) is 5.92 Å². The highest BCUT2D eigenvalue weighted by atomic mass is 14.7. The van der Waals surface area contributed by atoms with Crippen LogP contribution in [0.4, 0.5) is 0 Å². The van der Waals surface area contributed by atoms with Crippen molar-refractivity contribution < 1.29 is 0 Å². The molecule has 0 spiro atoms. The van der Waals surface area contributed by atoms with Crippen molar-refractivity contribution in [3.8, 4) is 33.5 Å². The maximum absolute atomic E-state index is 4.60. The van der Waals surface area contributed by atoms with Crippen LogP contribution in [0.15, 0.2) is 140 Å². The van der Waals surface area contributed by atoms with Crippen molar-refractivity contribution in [3.05, 3.63) is 168 Å². The summed E-state index contributed by atoms with van der Waals surface area (Å²) in [6, 6.07) is 40.8. The van der Waals surface area contributed by atoms with Gasteiger partial charge in [0.25, 0.3) is 0 Å². The predicted molar refractivity (Wildman–Crippen MR) is 216 cm³/mol. The summed E-state index contributed by atoms with van der Waals surface area (Å²) < 4.78 is 0. The number of allylic oxidation sites excluding steroid dienone is 4. The second-order valence-corrected chi connectivity index (χ2v) is 15.4. The average Bonchev–Trinajstić information content (AvgIpc) is 3.17. The van der Waals surface area contributed by atoms with E-state index in [0.717, 1.165) is 30.5 Å². The molecule has 248 valence electrons. The molecule has 1 atom stereocenters. The van der Waals surface area contributed by atoms with E-state index in [1.54, 1.807) is 0 Å². The molecule has 0 amide bonds. The van der Waals surface area contributed by atoms with Gasteiger partial charge in [-0.25, -0.2) is 0 Å². The van der Waals surface area contributed by atoms with Gasteiger partial charge in [0.1, 0.15) is 0 Å². The smallest absolute Gasteiger partial charge is 0.0701 e. The summed E-state index contributed by atoms with van der Waals surface area (Å²) in [6.45, 7) is 9.31. The van der Waals surface area contributed by atoms with Crippen molar-refractivity contribution in [3.63, 3.8) is 0 Å². The van der Waals surface area contributed by atoms with Crippen molar-refractivity contribution in [2.75, 3.05) is 0 Å². The molecule has 2 nitrogen and oxygen atoms in total. The predicted octanol–water partition coefficient (Wildman–Crippen LogP) is 12.7. The standard InChI is InChI=1S/C49H42N2/c1-31-27-37(16-19-41(31)35-22-25-50-26-23-35)32-8-10-33(11-9-32)44-30-45(34-12-14-36(15-13-34)46-7-5-6-24-51-46)43-21-18-39-29-40(49(2,3)4)28-38-17-20-42(44)48(43)47(38)39/h5-16,18-19,21-26,28-31H,17,20,27H2,1-4H3. The van der Waals surface area contributed by atoms with E-state index >= 15 is 0 Å². The lowest BCUT2D eigenvalue weighted by Gasteiger charge is -2.27. The zero-order valence-electron chi connectivity index (χ0n) is 29.9. The molecule has 9 rings (SSSR count). The van der Waals surface area contributed by atoms with Crippen LogP contribution in [0.25, 0.3) is 66.2 Å². The molecule has 2 aromatic heterocycles. The molecular weight excluding hydrogens is 617 g/mol. The zero-order valence-corrected chi connectivity index (χ0v) is 29.9. The fraction of sp³-hybridized carbons (Fsp3) is 0.184. The fourth-order valence-electron chi connectivity index (χ4n) is 8.40. The van der Waals surface area contributed by atoms with Gasteiger partial charge in [0.15, 0.2) is 0 Å². The number of aryl methyl sites for hydroxylation is 2. The first-order valence-electron chi connectivity index (χ1n) is 18.3. The molecule has 0 saturated heterocycles. The molecule has 0 fully saturated rings. The van der Waals surface area contributed by atoms with E-state index in [9.17, 15) is 0 Å². The number of hydrogen-bond donors (Lipinski definition) is 0. The highest BCUT2D eigenvalue weighted by molar-refractivity contribution is 6.17. The van der Waals surface area contributed by atoms with Crippen molar-refractivity contribution in [2.24, 2.45) is 5.92 Å². The van der Waals surface area contributed by atoms with Crippen LogP contribution in [0, 0.1) is 5.92 Å². The van der Waals surface area contributed by atoms with Crippen LogP contribution in [0.1, 0.15) is 61.9 Å².